The molecule has 0 N–H and O–H groups in total. The third-order valence-corrected chi connectivity index (χ3v) is 13.6. The molecule has 0 spiro atoms. The quantitative estimate of drug-likeness (QED) is 0.0952. The first-order valence-corrected chi connectivity index (χ1v) is 17.4. The van der Waals surface area contributed by atoms with Crippen LogP contribution in [0.15, 0.2) is 102 Å². The average Bonchev–Trinajstić information content (AvgIpc) is 3.02. The molecule has 0 aliphatic rings. The van der Waals surface area contributed by atoms with Crippen molar-refractivity contribution in [1.29, 1.82) is 0 Å². The molecule has 1 aromatic heterocycles. The smallest absolute Gasteiger partial charge is 0.416 e. The van der Waals surface area contributed by atoms with Gasteiger partial charge in [-0.15, -0.1) is 0 Å². The molecule has 0 aliphatic heterocycles. The number of rotatable bonds is 8. The topological polar surface area (TPSA) is 57.5 Å². The van der Waals surface area contributed by atoms with Crippen LogP contribution < -0.4 is 20.7 Å². The molecular formula is C37H35ClF3NO4Si. The molecule has 0 amide bonds. The normalized spacial score (nSPS) is 12.4. The summed E-state index contributed by atoms with van der Waals surface area (Å²) in [5.74, 6) is -0.558. The second-order valence-electron chi connectivity index (χ2n) is 12.4. The number of nitrogens with zero attached hydrogens (tertiary/aromatic N) is 1. The van der Waals surface area contributed by atoms with Gasteiger partial charge >= 0.3 is 12.1 Å². The lowest BCUT2D eigenvalue weighted by Gasteiger charge is -2.43. The number of carbonyl (C=O) groups is 1. The zero-order chi connectivity index (χ0) is 34.1. The highest BCUT2D eigenvalue weighted by Gasteiger charge is 2.50. The Morgan fingerprint density at radius 2 is 1.47 bits per heavy atom. The molecule has 47 heavy (non-hydrogen) atoms. The van der Waals surface area contributed by atoms with Crippen LogP contribution in [-0.4, -0.2) is 25.5 Å². The molecule has 0 atom stereocenters. The summed E-state index contributed by atoms with van der Waals surface area (Å²) >= 11 is 6.41. The summed E-state index contributed by atoms with van der Waals surface area (Å²) < 4.78 is 56.0. The van der Waals surface area contributed by atoms with Gasteiger partial charge in [-0.05, 0) is 51.8 Å². The van der Waals surface area contributed by atoms with Crippen molar-refractivity contribution >= 4 is 47.2 Å². The molecule has 5 nitrogen and oxygen atoms in total. The predicted octanol–water partition coefficient (Wildman–Crippen LogP) is 7.92. The minimum absolute atomic E-state index is 0.0602. The van der Waals surface area contributed by atoms with E-state index in [4.69, 9.17) is 20.8 Å². The Morgan fingerprint density at radius 3 is 2.00 bits per heavy atom. The Balaban J connectivity index is 1.75. The lowest BCUT2D eigenvalue weighted by molar-refractivity contribution is -0.137. The van der Waals surface area contributed by atoms with Crippen LogP contribution in [0.1, 0.15) is 38.8 Å². The number of ether oxygens (including phenoxy) is 1. The van der Waals surface area contributed by atoms with E-state index in [-0.39, 0.29) is 56.4 Å². The van der Waals surface area contributed by atoms with E-state index in [1.807, 2.05) is 36.4 Å². The molecule has 244 valence electrons. The molecule has 0 saturated heterocycles. The first-order chi connectivity index (χ1) is 22.1. The summed E-state index contributed by atoms with van der Waals surface area (Å²) in [6.45, 7) is 7.71. The van der Waals surface area contributed by atoms with Gasteiger partial charge in [-0.2, -0.15) is 13.2 Å². The highest BCUT2D eigenvalue weighted by atomic mass is 35.5. The van der Waals surface area contributed by atoms with E-state index in [0.717, 1.165) is 22.5 Å². The highest BCUT2D eigenvalue weighted by Crippen LogP contribution is 2.41. The van der Waals surface area contributed by atoms with Gasteiger partial charge in [-0.1, -0.05) is 93.0 Å². The van der Waals surface area contributed by atoms with Crippen LogP contribution in [0, 0.1) is 0 Å². The van der Waals surface area contributed by atoms with Crippen LogP contribution in [0.25, 0.3) is 22.0 Å². The molecule has 0 bridgehead atoms. The molecule has 1 heterocycles. The van der Waals surface area contributed by atoms with Crippen molar-refractivity contribution in [1.82, 2.24) is 4.57 Å². The van der Waals surface area contributed by atoms with Gasteiger partial charge in [0.05, 0.1) is 11.1 Å². The molecule has 5 aromatic rings. The zero-order valence-electron chi connectivity index (χ0n) is 26.7. The zero-order valence-corrected chi connectivity index (χ0v) is 28.5. The van der Waals surface area contributed by atoms with Gasteiger partial charge in [0.2, 0.25) is 0 Å². The summed E-state index contributed by atoms with van der Waals surface area (Å²) in [4.78, 5) is 26.2. The average molecular weight is 678 g/mol. The number of benzene rings is 4. The number of alkyl halides is 3. The number of esters is 1. The largest absolute Gasteiger partial charge is 0.426 e. The third kappa shape index (κ3) is 6.65. The lowest BCUT2D eigenvalue weighted by atomic mass is 9.92. The van der Waals surface area contributed by atoms with Gasteiger partial charge in [0.1, 0.15) is 5.75 Å². The number of carbonyl (C=O) groups excluding carboxylic acids is 1. The van der Waals surface area contributed by atoms with Crippen molar-refractivity contribution in [2.45, 2.75) is 45.3 Å². The fourth-order valence-corrected chi connectivity index (χ4v) is 11.1. The van der Waals surface area contributed by atoms with E-state index in [1.165, 1.54) is 42.8 Å². The van der Waals surface area contributed by atoms with E-state index in [2.05, 4.69) is 45.0 Å². The summed E-state index contributed by atoms with van der Waals surface area (Å²) in [7, 11) is -1.48. The molecule has 0 radical (unpaired) electrons. The maximum Gasteiger partial charge on any atom is 0.416 e. The van der Waals surface area contributed by atoms with Crippen LogP contribution in [0.3, 0.4) is 0 Å². The number of hydrogen-bond donors (Lipinski definition) is 0. The number of halogens is 4. The molecule has 4 aromatic carbocycles. The number of hydrogen-bond acceptors (Lipinski definition) is 4. The van der Waals surface area contributed by atoms with Crippen molar-refractivity contribution in [2.75, 3.05) is 6.61 Å². The second-order valence-corrected chi connectivity index (χ2v) is 17.2. The van der Waals surface area contributed by atoms with Gasteiger partial charge in [-0.25, -0.2) is 0 Å². The molecule has 0 aliphatic carbocycles. The first kappa shape index (κ1) is 34.2. The SMILES string of the molecule is CC(=O)Oc1ccc(Cl)cc1-c1c(CCO[Si](c2ccccc2)(c2ccccc2)C(C)(C)C)c(=O)n(C)c2ccc(C(F)(F)F)cc12. The molecule has 0 saturated carbocycles. The number of aromatic nitrogens is 1. The predicted molar refractivity (Wildman–Crippen MR) is 183 cm³/mol. The van der Waals surface area contributed by atoms with Gasteiger partial charge in [-0.3, -0.25) is 9.59 Å². The van der Waals surface area contributed by atoms with Crippen molar-refractivity contribution in [3.05, 3.63) is 124 Å². The van der Waals surface area contributed by atoms with Crippen LogP contribution in [-0.2, 0) is 28.9 Å². The van der Waals surface area contributed by atoms with Crippen molar-refractivity contribution < 1.29 is 27.1 Å². The fourth-order valence-electron chi connectivity index (χ4n) is 6.34. The van der Waals surface area contributed by atoms with E-state index in [9.17, 15) is 22.8 Å². The Labute approximate surface area is 277 Å². The first-order valence-electron chi connectivity index (χ1n) is 15.1. The maximum atomic E-state index is 14.1. The van der Waals surface area contributed by atoms with Crippen LogP contribution in [0.5, 0.6) is 5.75 Å². The minimum atomic E-state index is -4.64. The molecule has 0 unspecified atom stereocenters. The highest BCUT2D eigenvalue weighted by molar-refractivity contribution is 6.99. The number of pyridine rings is 1. The monoisotopic (exact) mass is 677 g/mol. The van der Waals surface area contributed by atoms with E-state index < -0.39 is 31.6 Å². The van der Waals surface area contributed by atoms with E-state index >= 15 is 0 Å². The fraction of sp³-hybridized carbons (Fsp3) is 0.243. The lowest BCUT2D eigenvalue weighted by Crippen LogP contribution is -2.66. The third-order valence-electron chi connectivity index (χ3n) is 8.37. The minimum Gasteiger partial charge on any atom is -0.426 e. The van der Waals surface area contributed by atoms with E-state index in [1.54, 1.807) is 0 Å². The number of fused-ring (bicyclic) bond motifs is 1. The van der Waals surface area contributed by atoms with Crippen LogP contribution in [0.4, 0.5) is 13.2 Å². The van der Waals surface area contributed by atoms with Crippen LogP contribution >= 0.6 is 11.6 Å². The van der Waals surface area contributed by atoms with Gasteiger partial charge < -0.3 is 13.7 Å². The maximum absolute atomic E-state index is 14.1. The van der Waals surface area contributed by atoms with Gasteiger partial charge in [0, 0.05) is 54.1 Å². The molecular weight excluding hydrogens is 643 g/mol. The summed E-state index contributed by atoms with van der Waals surface area (Å²) in [5.41, 5.74) is -0.354. The summed E-state index contributed by atoms with van der Waals surface area (Å²) in [5, 5.41) is 2.17. The molecule has 5 rings (SSSR count). The summed E-state index contributed by atoms with van der Waals surface area (Å²) in [6, 6.07) is 27.7. The molecule has 0 fully saturated rings. The standard InChI is InChI=1S/C37H35ClF3NO4Si/c1-24(43)46-33-19-17-26(38)23-31(33)34-29(35(44)42(5)32-18-16-25(22-30(32)34)37(39,40)41)20-21-45-47(36(2,3)4,27-12-8-6-9-13-27)28-14-10-7-11-15-28/h6-19,22-23H,20-21H2,1-5H3. The Hall–Kier alpha value is -4.18. The summed E-state index contributed by atoms with van der Waals surface area (Å²) in [6.07, 6.45) is -4.58. The van der Waals surface area contributed by atoms with Crippen LogP contribution in [0.2, 0.25) is 10.1 Å². The Morgan fingerprint density at radius 1 is 0.872 bits per heavy atom. The van der Waals surface area contributed by atoms with Crippen molar-refractivity contribution in [3.8, 4) is 16.9 Å². The van der Waals surface area contributed by atoms with Crippen molar-refractivity contribution in [3.63, 3.8) is 0 Å². The molecule has 10 heteroatoms. The van der Waals surface area contributed by atoms with Gasteiger partial charge in [0.25, 0.3) is 13.9 Å². The Kier molecular flexibility index (Phi) is 9.55. The van der Waals surface area contributed by atoms with E-state index in [0.29, 0.717) is 0 Å². The number of aryl methyl sites for hydroxylation is 1. The second kappa shape index (κ2) is 13.1. The van der Waals surface area contributed by atoms with Crippen molar-refractivity contribution in [2.24, 2.45) is 7.05 Å². The van der Waals surface area contributed by atoms with Gasteiger partial charge in [0.15, 0.2) is 0 Å². The Bertz CT molecular complexity index is 1950.